The number of rotatable bonds is 7. The Morgan fingerprint density at radius 3 is 2.27 bits per heavy atom. The summed E-state index contributed by atoms with van der Waals surface area (Å²) in [4.78, 5) is 2.49. The zero-order valence-corrected chi connectivity index (χ0v) is 14.1. The molecule has 4 heteroatoms. The first-order valence-electron chi connectivity index (χ1n) is 8.36. The lowest BCUT2D eigenvalue weighted by Gasteiger charge is -2.41. The molecular weight excluding hydrogens is 276 g/mol. The summed E-state index contributed by atoms with van der Waals surface area (Å²) in [6, 6.07) is 10.4. The predicted octanol–water partition coefficient (Wildman–Crippen LogP) is 2.94. The van der Waals surface area contributed by atoms with Gasteiger partial charge < -0.3 is 15.2 Å². The van der Waals surface area contributed by atoms with E-state index in [0.29, 0.717) is 0 Å². The Balaban J connectivity index is 2.16. The second kappa shape index (κ2) is 8.63. The zero-order valence-electron chi connectivity index (χ0n) is 14.1. The Morgan fingerprint density at radius 2 is 1.68 bits per heavy atom. The first-order valence-corrected chi connectivity index (χ1v) is 8.36. The van der Waals surface area contributed by atoms with Crippen LogP contribution in [0.2, 0.25) is 0 Å². The van der Waals surface area contributed by atoms with E-state index in [4.69, 9.17) is 15.2 Å². The van der Waals surface area contributed by atoms with Crippen molar-refractivity contribution in [1.82, 2.24) is 4.90 Å². The van der Waals surface area contributed by atoms with Gasteiger partial charge in [-0.1, -0.05) is 36.8 Å². The smallest absolute Gasteiger partial charge is 0.154 e. The molecule has 2 N–H and O–H groups in total. The summed E-state index contributed by atoms with van der Waals surface area (Å²) in [5.41, 5.74) is 7.79. The highest BCUT2D eigenvalue weighted by Gasteiger charge is 2.33. The van der Waals surface area contributed by atoms with Crippen LogP contribution >= 0.6 is 0 Å². The van der Waals surface area contributed by atoms with Gasteiger partial charge in [-0.25, -0.2) is 0 Å². The van der Waals surface area contributed by atoms with Gasteiger partial charge in [-0.3, -0.25) is 4.90 Å². The van der Waals surface area contributed by atoms with Crippen LogP contribution in [0.1, 0.15) is 44.7 Å². The van der Waals surface area contributed by atoms with Crippen LogP contribution in [0.15, 0.2) is 30.3 Å². The molecule has 0 saturated carbocycles. The number of likely N-dealkylation sites (tertiary alicyclic amines) is 1. The Bertz CT molecular complexity index is 420. The molecule has 1 aliphatic rings. The fraction of sp³-hybridized carbons (Fsp3) is 0.667. The van der Waals surface area contributed by atoms with Gasteiger partial charge in [0, 0.05) is 13.2 Å². The van der Waals surface area contributed by atoms with Crippen LogP contribution in [-0.4, -0.2) is 43.5 Å². The van der Waals surface area contributed by atoms with E-state index in [1.54, 1.807) is 7.11 Å². The molecule has 1 fully saturated rings. The molecule has 1 heterocycles. The van der Waals surface area contributed by atoms with Crippen LogP contribution in [0, 0.1) is 0 Å². The van der Waals surface area contributed by atoms with E-state index in [-0.39, 0.29) is 24.5 Å². The lowest BCUT2D eigenvalue weighted by molar-refractivity contribution is -0.160. The lowest BCUT2D eigenvalue weighted by Crippen LogP contribution is -2.52. The van der Waals surface area contributed by atoms with Crippen molar-refractivity contribution < 1.29 is 9.47 Å². The van der Waals surface area contributed by atoms with E-state index in [1.807, 2.05) is 25.1 Å². The number of benzene rings is 1. The molecule has 0 spiro atoms. The first-order chi connectivity index (χ1) is 10.6. The molecule has 4 nitrogen and oxygen atoms in total. The van der Waals surface area contributed by atoms with Crippen molar-refractivity contribution in [3.8, 4) is 0 Å². The third-order valence-electron chi connectivity index (χ3n) is 4.58. The number of nitrogens with zero attached hydrogens (tertiary/aromatic N) is 1. The highest BCUT2D eigenvalue weighted by molar-refractivity contribution is 5.20. The van der Waals surface area contributed by atoms with Gasteiger partial charge in [-0.15, -0.1) is 0 Å². The Labute approximate surface area is 134 Å². The van der Waals surface area contributed by atoms with Gasteiger partial charge in [0.05, 0.1) is 12.1 Å². The van der Waals surface area contributed by atoms with E-state index < -0.39 is 0 Å². The van der Waals surface area contributed by atoms with Crippen LogP contribution in [0.5, 0.6) is 0 Å². The van der Waals surface area contributed by atoms with Gasteiger partial charge in [0.1, 0.15) is 0 Å². The van der Waals surface area contributed by atoms with Gasteiger partial charge in [0.15, 0.2) is 6.29 Å². The number of nitrogens with two attached hydrogens (primary N) is 1. The second-order valence-corrected chi connectivity index (χ2v) is 6.17. The molecule has 4 unspecified atom stereocenters. The first kappa shape index (κ1) is 17.4. The summed E-state index contributed by atoms with van der Waals surface area (Å²) in [5.74, 6) is 0. The molecule has 1 aliphatic heterocycles. The fourth-order valence-corrected chi connectivity index (χ4v) is 3.34. The van der Waals surface area contributed by atoms with Crippen LogP contribution in [0.4, 0.5) is 0 Å². The van der Waals surface area contributed by atoms with E-state index in [9.17, 15) is 0 Å². The highest BCUT2D eigenvalue weighted by Crippen LogP contribution is 2.26. The molecule has 0 aromatic heterocycles. The van der Waals surface area contributed by atoms with Gasteiger partial charge in [0.2, 0.25) is 0 Å². The highest BCUT2D eigenvalue weighted by atomic mass is 16.7. The number of methoxy groups -OCH3 is 1. The third-order valence-corrected chi connectivity index (χ3v) is 4.58. The summed E-state index contributed by atoms with van der Waals surface area (Å²) >= 11 is 0. The number of hydrogen-bond acceptors (Lipinski definition) is 4. The van der Waals surface area contributed by atoms with E-state index in [0.717, 1.165) is 13.1 Å². The van der Waals surface area contributed by atoms with Crippen LogP contribution in [0.25, 0.3) is 0 Å². The average molecular weight is 306 g/mol. The van der Waals surface area contributed by atoms with Crippen molar-refractivity contribution in [2.45, 2.75) is 57.6 Å². The maximum Gasteiger partial charge on any atom is 0.154 e. The summed E-state index contributed by atoms with van der Waals surface area (Å²) in [6.45, 7) is 6.23. The van der Waals surface area contributed by atoms with Gasteiger partial charge in [0.25, 0.3) is 0 Å². The third kappa shape index (κ3) is 4.53. The minimum absolute atomic E-state index is 0.0169. The topological polar surface area (TPSA) is 47.7 Å². The fourth-order valence-electron chi connectivity index (χ4n) is 3.34. The van der Waals surface area contributed by atoms with E-state index in [2.05, 4.69) is 24.0 Å². The van der Waals surface area contributed by atoms with Gasteiger partial charge in [-0.2, -0.15) is 0 Å². The molecule has 2 rings (SSSR count). The van der Waals surface area contributed by atoms with Crippen LogP contribution in [-0.2, 0) is 9.47 Å². The number of piperidine rings is 1. The molecule has 0 amide bonds. The maximum absolute atomic E-state index is 6.63. The summed E-state index contributed by atoms with van der Waals surface area (Å²) < 4.78 is 11.3. The van der Waals surface area contributed by atoms with Crippen molar-refractivity contribution >= 4 is 0 Å². The quantitative estimate of drug-likeness (QED) is 0.787. The van der Waals surface area contributed by atoms with Crippen LogP contribution < -0.4 is 5.73 Å². The molecule has 22 heavy (non-hydrogen) atoms. The second-order valence-electron chi connectivity index (χ2n) is 6.17. The van der Waals surface area contributed by atoms with Crippen molar-refractivity contribution in [1.29, 1.82) is 0 Å². The predicted molar refractivity (Wildman–Crippen MR) is 89.6 cm³/mol. The molecular formula is C18H30N2O2. The minimum Gasteiger partial charge on any atom is -0.356 e. The van der Waals surface area contributed by atoms with E-state index >= 15 is 0 Å². The average Bonchev–Trinajstić information content (AvgIpc) is 2.56. The normalized spacial score (nSPS) is 22.0. The minimum atomic E-state index is -0.217. The molecule has 4 atom stereocenters. The molecule has 1 saturated heterocycles. The van der Waals surface area contributed by atoms with Gasteiger partial charge in [-0.05, 0) is 45.3 Å². The van der Waals surface area contributed by atoms with Crippen LogP contribution in [0.3, 0.4) is 0 Å². The Kier molecular flexibility index (Phi) is 6.83. The summed E-state index contributed by atoms with van der Waals surface area (Å²) in [5, 5.41) is 0. The molecule has 0 radical (unpaired) electrons. The molecule has 124 valence electrons. The number of hydrogen-bond donors (Lipinski definition) is 1. The monoisotopic (exact) mass is 306 g/mol. The zero-order chi connectivity index (χ0) is 15.9. The van der Waals surface area contributed by atoms with Gasteiger partial charge >= 0.3 is 0 Å². The molecule has 1 aromatic rings. The Morgan fingerprint density at radius 1 is 1.05 bits per heavy atom. The standard InChI is InChI=1S/C18H30N2O2/c1-14(22-15(2)21-3)18(20-12-8-5-9-13-20)17(19)16-10-6-4-7-11-16/h4,6-7,10-11,14-15,17-18H,5,8-9,12-13,19H2,1-3H3. The number of ether oxygens (including phenoxy) is 2. The largest absolute Gasteiger partial charge is 0.356 e. The maximum atomic E-state index is 6.63. The molecule has 1 aromatic carbocycles. The summed E-state index contributed by atoms with van der Waals surface area (Å²) in [6.07, 6.45) is 3.59. The lowest BCUT2D eigenvalue weighted by atomic mass is 9.93. The SMILES string of the molecule is COC(C)OC(C)C(C(N)c1ccccc1)N1CCCCC1. The molecule has 0 aliphatic carbocycles. The van der Waals surface area contributed by atoms with Crippen molar-refractivity contribution in [2.75, 3.05) is 20.2 Å². The molecule has 0 bridgehead atoms. The van der Waals surface area contributed by atoms with E-state index in [1.165, 1.54) is 24.8 Å². The van der Waals surface area contributed by atoms with Crippen molar-refractivity contribution in [2.24, 2.45) is 5.73 Å². The Hall–Kier alpha value is -0.940. The summed E-state index contributed by atoms with van der Waals surface area (Å²) in [7, 11) is 1.67. The van der Waals surface area contributed by atoms with Crippen molar-refractivity contribution in [3.63, 3.8) is 0 Å². The van der Waals surface area contributed by atoms with Crippen molar-refractivity contribution in [3.05, 3.63) is 35.9 Å².